The Hall–Kier alpha value is -1.45. The quantitative estimate of drug-likeness (QED) is 0.913. The Kier molecular flexibility index (Phi) is 3.49. The lowest BCUT2D eigenvalue weighted by Gasteiger charge is -2.40. The van der Waals surface area contributed by atoms with E-state index in [2.05, 4.69) is 41.2 Å². The van der Waals surface area contributed by atoms with E-state index in [0.717, 1.165) is 5.52 Å². The van der Waals surface area contributed by atoms with E-state index >= 15 is 0 Å². The van der Waals surface area contributed by atoms with Crippen molar-refractivity contribution >= 4 is 10.9 Å². The molecule has 3 rings (SSSR count). The minimum absolute atomic E-state index is 0.268. The summed E-state index contributed by atoms with van der Waals surface area (Å²) < 4.78 is 0. The van der Waals surface area contributed by atoms with Gasteiger partial charge in [0, 0.05) is 30.2 Å². The van der Waals surface area contributed by atoms with Gasteiger partial charge in [-0.25, -0.2) is 0 Å². The second-order valence-corrected chi connectivity index (χ2v) is 5.42. The van der Waals surface area contributed by atoms with E-state index in [1.807, 2.05) is 12.3 Å². The molecule has 3 nitrogen and oxygen atoms in total. The summed E-state index contributed by atoms with van der Waals surface area (Å²) in [5.41, 5.74) is 8.39. The van der Waals surface area contributed by atoms with Gasteiger partial charge in [0.15, 0.2) is 0 Å². The number of aromatic nitrogens is 1. The number of hydrogen-bond acceptors (Lipinski definition) is 3. The SMILES string of the molecule is CN(C1CCC1)C(CN)c1cccc2cccnc12. The zero-order chi connectivity index (χ0) is 13.2. The standard InChI is InChI=1S/C16H21N3/c1-19(13-7-3-8-13)15(11-17)14-9-2-5-12-6-4-10-18-16(12)14/h2,4-6,9-10,13,15H,3,7-8,11,17H2,1H3. The fourth-order valence-corrected chi connectivity index (χ4v) is 2.96. The number of para-hydroxylation sites is 1. The second kappa shape index (κ2) is 5.27. The van der Waals surface area contributed by atoms with Crippen LogP contribution in [0.5, 0.6) is 0 Å². The number of fused-ring (bicyclic) bond motifs is 1. The zero-order valence-corrected chi connectivity index (χ0v) is 11.4. The van der Waals surface area contributed by atoms with Crippen molar-refractivity contribution in [2.24, 2.45) is 5.73 Å². The van der Waals surface area contributed by atoms with Crippen LogP contribution in [-0.2, 0) is 0 Å². The maximum atomic E-state index is 6.04. The average Bonchev–Trinajstić information content (AvgIpc) is 2.38. The third-order valence-electron chi connectivity index (χ3n) is 4.39. The number of hydrogen-bond donors (Lipinski definition) is 1. The monoisotopic (exact) mass is 255 g/mol. The van der Waals surface area contributed by atoms with Crippen LogP contribution in [0.25, 0.3) is 10.9 Å². The van der Waals surface area contributed by atoms with Crippen LogP contribution >= 0.6 is 0 Å². The summed E-state index contributed by atoms with van der Waals surface area (Å²) in [6.07, 6.45) is 5.80. The first-order chi connectivity index (χ1) is 9.31. The first kappa shape index (κ1) is 12.6. The van der Waals surface area contributed by atoms with Crippen molar-refractivity contribution in [3.8, 4) is 0 Å². The molecular formula is C16H21N3. The molecule has 0 saturated heterocycles. The summed E-state index contributed by atoms with van der Waals surface area (Å²) in [6, 6.07) is 11.4. The van der Waals surface area contributed by atoms with E-state index in [0.29, 0.717) is 12.6 Å². The van der Waals surface area contributed by atoms with Crippen LogP contribution < -0.4 is 5.73 Å². The number of benzene rings is 1. The lowest BCUT2D eigenvalue weighted by molar-refractivity contribution is 0.114. The summed E-state index contributed by atoms with van der Waals surface area (Å²) >= 11 is 0. The molecule has 2 N–H and O–H groups in total. The summed E-state index contributed by atoms with van der Waals surface area (Å²) in [4.78, 5) is 6.99. The molecule has 0 aliphatic heterocycles. The molecule has 1 atom stereocenters. The fourth-order valence-electron chi connectivity index (χ4n) is 2.96. The Morgan fingerprint density at radius 3 is 2.79 bits per heavy atom. The number of nitrogens with two attached hydrogens (primary N) is 1. The van der Waals surface area contributed by atoms with Gasteiger partial charge in [-0.15, -0.1) is 0 Å². The highest BCUT2D eigenvalue weighted by molar-refractivity contribution is 5.82. The molecule has 0 amide bonds. The zero-order valence-electron chi connectivity index (χ0n) is 11.4. The molecule has 1 fully saturated rings. The minimum atomic E-state index is 0.268. The highest BCUT2D eigenvalue weighted by atomic mass is 15.2. The Morgan fingerprint density at radius 2 is 2.11 bits per heavy atom. The van der Waals surface area contributed by atoms with E-state index < -0.39 is 0 Å². The molecule has 1 aliphatic rings. The number of pyridine rings is 1. The van der Waals surface area contributed by atoms with Crippen molar-refractivity contribution in [2.45, 2.75) is 31.3 Å². The van der Waals surface area contributed by atoms with E-state index in [4.69, 9.17) is 5.73 Å². The van der Waals surface area contributed by atoms with Gasteiger partial charge in [-0.3, -0.25) is 9.88 Å². The maximum Gasteiger partial charge on any atom is 0.0750 e. The summed E-state index contributed by atoms with van der Waals surface area (Å²) in [7, 11) is 2.20. The summed E-state index contributed by atoms with van der Waals surface area (Å²) in [5, 5.41) is 1.19. The van der Waals surface area contributed by atoms with Gasteiger partial charge >= 0.3 is 0 Å². The number of rotatable bonds is 4. The largest absolute Gasteiger partial charge is 0.329 e. The average molecular weight is 255 g/mol. The van der Waals surface area contributed by atoms with Crippen LogP contribution in [0.4, 0.5) is 0 Å². The Morgan fingerprint density at radius 1 is 1.32 bits per heavy atom. The first-order valence-electron chi connectivity index (χ1n) is 7.07. The number of nitrogens with zero attached hydrogens (tertiary/aromatic N) is 2. The molecule has 1 aromatic heterocycles. The maximum absolute atomic E-state index is 6.04. The molecule has 3 heteroatoms. The van der Waals surface area contributed by atoms with Gasteiger partial charge in [-0.1, -0.05) is 30.7 Å². The van der Waals surface area contributed by atoms with Gasteiger partial charge in [-0.2, -0.15) is 0 Å². The highest BCUT2D eigenvalue weighted by Crippen LogP contribution is 2.32. The van der Waals surface area contributed by atoms with Crippen LogP contribution in [0.2, 0.25) is 0 Å². The highest BCUT2D eigenvalue weighted by Gasteiger charge is 2.28. The summed E-state index contributed by atoms with van der Waals surface area (Å²) in [6.45, 7) is 0.642. The van der Waals surface area contributed by atoms with Gasteiger partial charge in [0.1, 0.15) is 0 Å². The lowest BCUT2D eigenvalue weighted by atomic mass is 9.89. The van der Waals surface area contributed by atoms with E-state index in [-0.39, 0.29) is 6.04 Å². The molecule has 1 aromatic carbocycles. The smallest absolute Gasteiger partial charge is 0.0750 e. The molecule has 0 spiro atoms. The van der Waals surface area contributed by atoms with Crippen LogP contribution in [-0.4, -0.2) is 29.5 Å². The molecule has 1 heterocycles. The Balaban J connectivity index is 2.00. The molecule has 1 unspecified atom stereocenters. The van der Waals surface area contributed by atoms with Gasteiger partial charge in [0.05, 0.1) is 5.52 Å². The summed E-state index contributed by atoms with van der Waals surface area (Å²) in [5.74, 6) is 0. The van der Waals surface area contributed by atoms with Crippen LogP contribution in [0.1, 0.15) is 30.9 Å². The topological polar surface area (TPSA) is 42.1 Å². The molecular weight excluding hydrogens is 234 g/mol. The van der Waals surface area contributed by atoms with Crippen LogP contribution in [0, 0.1) is 0 Å². The first-order valence-corrected chi connectivity index (χ1v) is 7.07. The van der Waals surface area contributed by atoms with Gasteiger partial charge in [0.25, 0.3) is 0 Å². The normalized spacial score (nSPS) is 17.6. The second-order valence-electron chi connectivity index (χ2n) is 5.42. The van der Waals surface area contributed by atoms with Gasteiger partial charge in [0.2, 0.25) is 0 Å². The molecule has 2 aromatic rings. The van der Waals surface area contributed by atoms with Crippen molar-refractivity contribution in [1.29, 1.82) is 0 Å². The molecule has 1 aliphatic carbocycles. The Bertz CT molecular complexity index is 557. The van der Waals surface area contributed by atoms with Crippen molar-refractivity contribution in [1.82, 2.24) is 9.88 Å². The minimum Gasteiger partial charge on any atom is -0.329 e. The molecule has 0 bridgehead atoms. The van der Waals surface area contributed by atoms with Gasteiger partial charge < -0.3 is 5.73 Å². The molecule has 100 valence electrons. The van der Waals surface area contributed by atoms with Crippen molar-refractivity contribution in [3.63, 3.8) is 0 Å². The van der Waals surface area contributed by atoms with E-state index in [1.165, 1.54) is 30.2 Å². The van der Waals surface area contributed by atoms with Crippen molar-refractivity contribution in [2.75, 3.05) is 13.6 Å². The Labute approximate surface area is 114 Å². The molecule has 1 saturated carbocycles. The number of likely N-dealkylation sites (N-methyl/N-ethyl adjacent to an activating group) is 1. The van der Waals surface area contributed by atoms with Crippen LogP contribution in [0.15, 0.2) is 36.5 Å². The molecule has 19 heavy (non-hydrogen) atoms. The van der Waals surface area contributed by atoms with E-state index in [9.17, 15) is 0 Å². The fraction of sp³-hybridized carbons (Fsp3) is 0.438. The van der Waals surface area contributed by atoms with Crippen molar-refractivity contribution in [3.05, 3.63) is 42.1 Å². The lowest BCUT2D eigenvalue weighted by Crippen LogP contribution is -2.42. The van der Waals surface area contributed by atoms with Crippen LogP contribution in [0.3, 0.4) is 0 Å². The van der Waals surface area contributed by atoms with Crippen molar-refractivity contribution < 1.29 is 0 Å². The third kappa shape index (κ3) is 2.24. The molecule has 0 radical (unpaired) electrons. The predicted molar refractivity (Wildman–Crippen MR) is 78.9 cm³/mol. The van der Waals surface area contributed by atoms with E-state index in [1.54, 1.807) is 0 Å². The van der Waals surface area contributed by atoms with Gasteiger partial charge in [-0.05, 0) is 31.5 Å². The third-order valence-corrected chi connectivity index (χ3v) is 4.39. The predicted octanol–water partition coefficient (Wildman–Crippen LogP) is 2.72.